The number of nitrogens with zero attached hydrogens (tertiary/aromatic N) is 1. The van der Waals surface area contributed by atoms with E-state index >= 15 is 0 Å². The molecule has 1 fully saturated rings. The number of carbonyl (C=O) groups is 2. The van der Waals surface area contributed by atoms with E-state index in [1.807, 2.05) is 0 Å². The van der Waals surface area contributed by atoms with Crippen LogP contribution in [0.1, 0.15) is 23.2 Å². The lowest BCUT2D eigenvalue weighted by Gasteiger charge is -2.32. The summed E-state index contributed by atoms with van der Waals surface area (Å²) >= 11 is 11.8. The van der Waals surface area contributed by atoms with Crippen LogP contribution in [0.5, 0.6) is 5.75 Å². The van der Waals surface area contributed by atoms with Crippen molar-refractivity contribution < 1.29 is 14.3 Å². The molecule has 0 atom stereocenters. The number of rotatable bonds is 5. The Kier molecular flexibility index (Phi) is 6.58. The minimum atomic E-state index is -0.176. The molecule has 2 amide bonds. The van der Waals surface area contributed by atoms with Gasteiger partial charge in [0.1, 0.15) is 5.75 Å². The molecule has 0 spiro atoms. The molecule has 1 saturated heterocycles. The summed E-state index contributed by atoms with van der Waals surface area (Å²) < 4.78 is 5.44. The minimum absolute atomic E-state index is 0.0339. The molecule has 1 heterocycles. The van der Waals surface area contributed by atoms with Crippen molar-refractivity contribution in [3.05, 3.63) is 64.1 Å². The third-order valence-corrected chi connectivity index (χ3v) is 4.89. The summed E-state index contributed by atoms with van der Waals surface area (Å²) in [6, 6.07) is 13.8. The van der Waals surface area contributed by atoms with E-state index in [-0.39, 0.29) is 24.5 Å². The SMILES string of the molecule is O=C(COc1ccc(Cl)cc1)NC1CCN(C(=O)c2cccc(Cl)c2)CC1. The third kappa shape index (κ3) is 5.62. The first-order chi connectivity index (χ1) is 13.0. The molecule has 1 N–H and O–H groups in total. The van der Waals surface area contributed by atoms with Gasteiger partial charge in [-0.25, -0.2) is 0 Å². The lowest BCUT2D eigenvalue weighted by molar-refractivity contribution is -0.124. The number of amides is 2. The largest absolute Gasteiger partial charge is 0.484 e. The Balaban J connectivity index is 1.43. The molecule has 3 rings (SSSR count). The van der Waals surface area contributed by atoms with Crippen LogP contribution in [0.3, 0.4) is 0 Å². The van der Waals surface area contributed by atoms with Crippen molar-refractivity contribution in [2.24, 2.45) is 0 Å². The van der Waals surface area contributed by atoms with E-state index in [0.717, 1.165) is 0 Å². The Labute approximate surface area is 168 Å². The predicted octanol–water partition coefficient (Wildman–Crippen LogP) is 3.79. The van der Waals surface area contributed by atoms with E-state index in [1.165, 1.54) is 0 Å². The van der Waals surface area contributed by atoms with Gasteiger partial charge in [-0.05, 0) is 55.3 Å². The molecule has 7 heteroatoms. The maximum atomic E-state index is 12.5. The summed E-state index contributed by atoms with van der Waals surface area (Å²) in [6.07, 6.45) is 1.41. The highest BCUT2D eigenvalue weighted by Crippen LogP contribution is 2.17. The van der Waals surface area contributed by atoms with Gasteiger partial charge in [-0.15, -0.1) is 0 Å². The molecule has 5 nitrogen and oxygen atoms in total. The summed E-state index contributed by atoms with van der Waals surface area (Å²) in [7, 11) is 0. The normalized spacial score (nSPS) is 14.7. The number of likely N-dealkylation sites (tertiary alicyclic amines) is 1. The van der Waals surface area contributed by atoms with Crippen molar-refractivity contribution in [2.75, 3.05) is 19.7 Å². The number of hydrogen-bond acceptors (Lipinski definition) is 3. The number of hydrogen-bond donors (Lipinski definition) is 1. The average molecular weight is 407 g/mol. The van der Waals surface area contributed by atoms with Gasteiger partial charge in [0.05, 0.1) is 0 Å². The van der Waals surface area contributed by atoms with Gasteiger partial charge in [-0.2, -0.15) is 0 Å². The molecule has 0 saturated carbocycles. The van der Waals surface area contributed by atoms with Gasteiger partial charge in [-0.3, -0.25) is 9.59 Å². The molecule has 0 unspecified atom stereocenters. The Morgan fingerprint density at radius 3 is 2.41 bits per heavy atom. The number of piperidine rings is 1. The molecule has 2 aromatic carbocycles. The monoisotopic (exact) mass is 406 g/mol. The topological polar surface area (TPSA) is 58.6 Å². The molecule has 0 aliphatic carbocycles. The van der Waals surface area contributed by atoms with Gasteiger partial charge in [0.15, 0.2) is 6.61 Å². The second kappa shape index (κ2) is 9.11. The Morgan fingerprint density at radius 1 is 1.04 bits per heavy atom. The zero-order chi connectivity index (χ0) is 19.2. The zero-order valence-electron chi connectivity index (χ0n) is 14.7. The molecule has 1 aliphatic heterocycles. The molecule has 0 aromatic heterocycles. The van der Waals surface area contributed by atoms with E-state index in [9.17, 15) is 9.59 Å². The Bertz CT molecular complexity index is 803. The highest BCUT2D eigenvalue weighted by Gasteiger charge is 2.24. The first-order valence-corrected chi connectivity index (χ1v) is 9.49. The first-order valence-electron chi connectivity index (χ1n) is 8.74. The molecule has 2 aromatic rings. The van der Waals surface area contributed by atoms with E-state index in [2.05, 4.69) is 5.32 Å². The maximum Gasteiger partial charge on any atom is 0.258 e. The fraction of sp³-hybridized carbons (Fsp3) is 0.300. The van der Waals surface area contributed by atoms with Gasteiger partial charge >= 0.3 is 0 Å². The van der Waals surface area contributed by atoms with Gasteiger partial charge in [0.2, 0.25) is 0 Å². The summed E-state index contributed by atoms with van der Waals surface area (Å²) in [6.45, 7) is 1.13. The summed E-state index contributed by atoms with van der Waals surface area (Å²) in [5.41, 5.74) is 0.585. The van der Waals surface area contributed by atoms with Crippen molar-refractivity contribution in [2.45, 2.75) is 18.9 Å². The zero-order valence-corrected chi connectivity index (χ0v) is 16.2. The Hall–Kier alpha value is -2.24. The smallest absolute Gasteiger partial charge is 0.258 e. The van der Waals surface area contributed by atoms with Crippen LogP contribution >= 0.6 is 23.2 Å². The summed E-state index contributed by atoms with van der Waals surface area (Å²) in [4.78, 5) is 26.4. The second-order valence-corrected chi connectivity index (χ2v) is 7.26. The summed E-state index contributed by atoms with van der Waals surface area (Å²) in [5.74, 6) is 0.384. The number of nitrogens with one attached hydrogen (secondary N) is 1. The van der Waals surface area contributed by atoms with E-state index in [4.69, 9.17) is 27.9 Å². The third-order valence-electron chi connectivity index (χ3n) is 4.40. The molecular weight excluding hydrogens is 387 g/mol. The number of halogens is 2. The van der Waals surface area contributed by atoms with Crippen LogP contribution in [0.2, 0.25) is 10.0 Å². The van der Waals surface area contributed by atoms with Gasteiger partial charge in [0.25, 0.3) is 11.8 Å². The number of benzene rings is 2. The van der Waals surface area contributed by atoms with Crippen LogP contribution in [-0.4, -0.2) is 42.5 Å². The first kappa shape index (κ1) is 19.5. The van der Waals surface area contributed by atoms with Crippen molar-refractivity contribution >= 4 is 35.0 Å². The molecular formula is C20H20Cl2N2O3. The highest BCUT2D eigenvalue weighted by molar-refractivity contribution is 6.31. The lowest BCUT2D eigenvalue weighted by atomic mass is 10.0. The van der Waals surface area contributed by atoms with Gasteiger partial charge in [-0.1, -0.05) is 29.3 Å². The van der Waals surface area contributed by atoms with Crippen LogP contribution in [0.25, 0.3) is 0 Å². The average Bonchev–Trinajstić information content (AvgIpc) is 2.67. The molecule has 1 aliphatic rings. The Morgan fingerprint density at radius 2 is 1.74 bits per heavy atom. The molecule has 27 heavy (non-hydrogen) atoms. The van der Waals surface area contributed by atoms with Gasteiger partial charge < -0.3 is 15.0 Å². The van der Waals surface area contributed by atoms with Crippen LogP contribution < -0.4 is 10.1 Å². The van der Waals surface area contributed by atoms with Crippen molar-refractivity contribution in [3.63, 3.8) is 0 Å². The molecule has 0 bridgehead atoms. The summed E-state index contributed by atoms with van der Waals surface area (Å²) in [5, 5.41) is 4.12. The highest BCUT2D eigenvalue weighted by atomic mass is 35.5. The van der Waals surface area contributed by atoms with Crippen molar-refractivity contribution in [3.8, 4) is 5.75 Å². The standard InChI is InChI=1S/C20H20Cl2N2O3/c21-15-4-6-18(7-5-15)27-13-19(25)23-17-8-10-24(11-9-17)20(26)14-2-1-3-16(22)12-14/h1-7,12,17H,8-11,13H2,(H,23,25). The van der Waals surface area contributed by atoms with Crippen molar-refractivity contribution in [1.29, 1.82) is 0 Å². The number of carbonyl (C=O) groups excluding carboxylic acids is 2. The van der Waals surface area contributed by atoms with Crippen molar-refractivity contribution in [1.82, 2.24) is 10.2 Å². The number of ether oxygens (including phenoxy) is 1. The molecule has 142 valence electrons. The second-order valence-electron chi connectivity index (χ2n) is 6.39. The quantitative estimate of drug-likeness (QED) is 0.821. The van der Waals surface area contributed by atoms with Crippen LogP contribution in [0, 0.1) is 0 Å². The predicted molar refractivity (Wildman–Crippen MR) is 105 cm³/mol. The lowest BCUT2D eigenvalue weighted by Crippen LogP contribution is -2.47. The van der Waals surface area contributed by atoms with Crippen LogP contribution in [0.4, 0.5) is 0 Å². The maximum absolute atomic E-state index is 12.5. The van der Waals surface area contributed by atoms with Crippen LogP contribution in [0.15, 0.2) is 48.5 Å². The fourth-order valence-electron chi connectivity index (χ4n) is 2.98. The van der Waals surface area contributed by atoms with E-state index in [1.54, 1.807) is 53.4 Å². The fourth-order valence-corrected chi connectivity index (χ4v) is 3.30. The van der Waals surface area contributed by atoms with E-state index < -0.39 is 0 Å². The minimum Gasteiger partial charge on any atom is -0.484 e. The van der Waals surface area contributed by atoms with Crippen LogP contribution in [-0.2, 0) is 4.79 Å². The van der Waals surface area contributed by atoms with Gasteiger partial charge in [0, 0.05) is 34.7 Å². The molecule has 0 radical (unpaired) electrons. The van der Waals surface area contributed by atoms with E-state index in [0.29, 0.717) is 47.3 Å².